The molecule has 0 radical (unpaired) electrons. The normalized spacial score (nSPS) is 31.7. The number of rotatable bonds is 0. The molecule has 1 saturated heterocycles. The number of hydrogen-bond donors (Lipinski definition) is 1. The van der Waals surface area contributed by atoms with E-state index in [2.05, 4.69) is 29.0 Å². The first-order chi connectivity index (χ1) is 5.95. The summed E-state index contributed by atoms with van der Waals surface area (Å²) in [7, 11) is 0. The summed E-state index contributed by atoms with van der Waals surface area (Å²) in [6, 6.07) is 9.46. The van der Waals surface area contributed by atoms with Crippen LogP contribution in [0.4, 0.5) is 0 Å². The molecule has 2 unspecified atom stereocenters. The number of benzene rings is 1. The van der Waals surface area contributed by atoms with E-state index < -0.39 is 0 Å². The molecule has 1 nitrogen and oxygen atoms in total. The van der Waals surface area contributed by atoms with Crippen molar-refractivity contribution in [1.82, 2.24) is 4.72 Å². The predicted octanol–water partition coefficient (Wildman–Crippen LogP) is 2.15. The highest BCUT2D eigenvalue weighted by atomic mass is 32.2. The smallest absolute Gasteiger partial charge is 0.0463 e. The average Bonchev–Trinajstić information content (AvgIpc) is 2.62. The molecule has 2 aliphatic rings. The minimum atomic E-state index is 0.645. The second kappa shape index (κ2) is 2.51. The van der Waals surface area contributed by atoms with Crippen LogP contribution in [0.3, 0.4) is 0 Å². The lowest BCUT2D eigenvalue weighted by atomic mass is 10.0. The van der Waals surface area contributed by atoms with Crippen molar-refractivity contribution < 1.29 is 0 Å². The fourth-order valence-electron chi connectivity index (χ4n) is 2.24. The molecule has 0 saturated carbocycles. The highest BCUT2D eigenvalue weighted by molar-refractivity contribution is 7.97. The standard InChI is InChI=1S/C10H11NS/c1-2-4-9-7(3-1)5-8-6-12-11-10(8)9/h1-4,8,10-11H,5-6H2. The molecule has 1 aromatic carbocycles. The molecule has 1 heterocycles. The van der Waals surface area contributed by atoms with Gasteiger partial charge in [-0.2, -0.15) is 0 Å². The largest absolute Gasteiger partial charge is 0.256 e. The summed E-state index contributed by atoms with van der Waals surface area (Å²) in [4.78, 5) is 0. The first kappa shape index (κ1) is 6.98. The van der Waals surface area contributed by atoms with Gasteiger partial charge in [0.1, 0.15) is 0 Å². The van der Waals surface area contributed by atoms with Gasteiger partial charge in [-0.3, -0.25) is 4.72 Å². The Labute approximate surface area is 76.7 Å². The molecule has 1 aliphatic carbocycles. The van der Waals surface area contributed by atoms with E-state index in [1.807, 2.05) is 11.9 Å². The van der Waals surface area contributed by atoms with Crippen LogP contribution in [-0.2, 0) is 6.42 Å². The van der Waals surface area contributed by atoms with Gasteiger partial charge in [-0.1, -0.05) is 36.2 Å². The van der Waals surface area contributed by atoms with Gasteiger partial charge in [0.25, 0.3) is 0 Å². The van der Waals surface area contributed by atoms with Crippen LogP contribution in [0, 0.1) is 5.92 Å². The van der Waals surface area contributed by atoms with Gasteiger partial charge in [0.15, 0.2) is 0 Å². The topological polar surface area (TPSA) is 12.0 Å². The predicted molar refractivity (Wildman–Crippen MR) is 52.0 cm³/mol. The summed E-state index contributed by atoms with van der Waals surface area (Å²) in [5.41, 5.74) is 3.09. The Hall–Kier alpha value is -0.470. The van der Waals surface area contributed by atoms with Crippen LogP contribution in [0.15, 0.2) is 24.3 Å². The van der Waals surface area contributed by atoms with Crippen molar-refractivity contribution in [3.63, 3.8) is 0 Å². The van der Waals surface area contributed by atoms with Crippen molar-refractivity contribution in [2.75, 3.05) is 5.75 Å². The van der Waals surface area contributed by atoms with E-state index in [1.54, 1.807) is 5.56 Å². The summed E-state index contributed by atoms with van der Waals surface area (Å²) < 4.78 is 3.49. The average molecular weight is 177 g/mol. The van der Waals surface area contributed by atoms with Crippen molar-refractivity contribution >= 4 is 11.9 Å². The molecule has 1 aromatic rings. The summed E-state index contributed by atoms with van der Waals surface area (Å²) in [5.74, 6) is 2.13. The van der Waals surface area contributed by atoms with Crippen LogP contribution in [0.5, 0.6) is 0 Å². The van der Waals surface area contributed by atoms with E-state index in [4.69, 9.17) is 0 Å². The van der Waals surface area contributed by atoms with E-state index in [9.17, 15) is 0 Å². The lowest BCUT2D eigenvalue weighted by Crippen LogP contribution is -2.10. The Kier molecular flexibility index (Phi) is 1.46. The first-order valence-electron chi connectivity index (χ1n) is 4.40. The Balaban J connectivity index is 2.09. The molecule has 12 heavy (non-hydrogen) atoms. The molecule has 2 atom stereocenters. The lowest BCUT2D eigenvalue weighted by Gasteiger charge is -2.07. The minimum Gasteiger partial charge on any atom is -0.256 e. The maximum absolute atomic E-state index is 3.49. The Morgan fingerprint density at radius 3 is 3.25 bits per heavy atom. The summed E-state index contributed by atoms with van der Waals surface area (Å²) in [6.07, 6.45) is 1.28. The van der Waals surface area contributed by atoms with Crippen LogP contribution >= 0.6 is 11.9 Å². The van der Waals surface area contributed by atoms with Crippen molar-refractivity contribution in [3.8, 4) is 0 Å². The maximum Gasteiger partial charge on any atom is 0.0463 e. The molecular weight excluding hydrogens is 166 g/mol. The van der Waals surface area contributed by atoms with Gasteiger partial charge in [0.2, 0.25) is 0 Å². The van der Waals surface area contributed by atoms with Crippen molar-refractivity contribution in [3.05, 3.63) is 35.4 Å². The van der Waals surface area contributed by atoms with Gasteiger partial charge in [-0.25, -0.2) is 0 Å². The van der Waals surface area contributed by atoms with Crippen LogP contribution in [0.25, 0.3) is 0 Å². The minimum absolute atomic E-state index is 0.645. The maximum atomic E-state index is 3.49. The fourth-order valence-corrected chi connectivity index (χ4v) is 3.36. The molecular formula is C10H11NS. The second-order valence-corrected chi connectivity index (χ2v) is 4.43. The van der Waals surface area contributed by atoms with Crippen LogP contribution in [0.1, 0.15) is 17.2 Å². The quantitative estimate of drug-likeness (QED) is 0.609. The van der Waals surface area contributed by atoms with Crippen LogP contribution in [0.2, 0.25) is 0 Å². The molecule has 1 N–H and O–H groups in total. The van der Waals surface area contributed by atoms with Crippen molar-refractivity contribution in [2.45, 2.75) is 12.5 Å². The number of fused-ring (bicyclic) bond motifs is 3. The molecule has 1 aliphatic heterocycles. The molecule has 0 aromatic heterocycles. The third-order valence-corrected chi connectivity index (χ3v) is 3.87. The number of nitrogens with one attached hydrogen (secondary N) is 1. The Bertz CT molecular complexity index is 310. The van der Waals surface area contributed by atoms with E-state index in [0.29, 0.717) is 6.04 Å². The molecule has 0 bridgehead atoms. The summed E-state index contributed by atoms with van der Waals surface area (Å²) >= 11 is 1.88. The van der Waals surface area contributed by atoms with Gasteiger partial charge in [-0.15, -0.1) is 0 Å². The molecule has 3 rings (SSSR count). The van der Waals surface area contributed by atoms with Crippen molar-refractivity contribution in [2.24, 2.45) is 5.92 Å². The Morgan fingerprint density at radius 1 is 1.33 bits per heavy atom. The molecule has 0 amide bonds. The molecule has 1 fully saturated rings. The van der Waals surface area contributed by atoms with Gasteiger partial charge < -0.3 is 0 Å². The summed E-state index contributed by atoms with van der Waals surface area (Å²) in [5, 5.41) is 0. The van der Waals surface area contributed by atoms with E-state index in [-0.39, 0.29) is 0 Å². The van der Waals surface area contributed by atoms with E-state index in [1.165, 1.54) is 17.7 Å². The first-order valence-corrected chi connectivity index (χ1v) is 5.39. The van der Waals surface area contributed by atoms with E-state index >= 15 is 0 Å². The zero-order valence-electron chi connectivity index (χ0n) is 6.79. The van der Waals surface area contributed by atoms with Crippen LogP contribution in [-0.4, -0.2) is 5.75 Å². The lowest BCUT2D eigenvalue weighted by molar-refractivity contribution is 0.525. The van der Waals surface area contributed by atoms with Crippen LogP contribution < -0.4 is 4.72 Å². The second-order valence-electron chi connectivity index (χ2n) is 3.57. The molecule has 0 spiro atoms. The van der Waals surface area contributed by atoms with Gasteiger partial charge in [0.05, 0.1) is 0 Å². The zero-order chi connectivity index (χ0) is 7.97. The van der Waals surface area contributed by atoms with E-state index in [0.717, 1.165) is 5.92 Å². The number of hydrogen-bond acceptors (Lipinski definition) is 2. The molecule has 2 heteroatoms. The SMILES string of the molecule is c1ccc2c(c1)CC1CSNC21. The highest BCUT2D eigenvalue weighted by Gasteiger charge is 2.35. The summed E-state index contributed by atoms with van der Waals surface area (Å²) in [6.45, 7) is 0. The zero-order valence-corrected chi connectivity index (χ0v) is 7.60. The highest BCUT2D eigenvalue weighted by Crippen LogP contribution is 2.42. The van der Waals surface area contributed by atoms with Gasteiger partial charge in [0, 0.05) is 11.8 Å². The third kappa shape index (κ3) is 0.852. The van der Waals surface area contributed by atoms with Gasteiger partial charge >= 0.3 is 0 Å². The molecule has 62 valence electrons. The van der Waals surface area contributed by atoms with Crippen molar-refractivity contribution in [1.29, 1.82) is 0 Å². The fraction of sp³-hybridized carbons (Fsp3) is 0.400. The third-order valence-electron chi connectivity index (χ3n) is 2.85. The monoisotopic (exact) mass is 177 g/mol. The Morgan fingerprint density at radius 2 is 2.25 bits per heavy atom. The van der Waals surface area contributed by atoms with Gasteiger partial charge in [-0.05, 0) is 23.5 Å².